The number of hydrogen-bond acceptors (Lipinski definition) is 1. The van der Waals surface area contributed by atoms with Gasteiger partial charge in [0.15, 0.2) is 5.11 Å². The number of hydrogen-bond donors (Lipinski definition) is 1. The maximum absolute atomic E-state index is 13.9. The molecule has 27 heavy (non-hydrogen) atoms. The smallest absolute Gasteiger partial charge is 0.169 e. The lowest BCUT2D eigenvalue weighted by atomic mass is 10.1. The van der Waals surface area contributed by atoms with Gasteiger partial charge in [0.1, 0.15) is 5.82 Å². The number of unbranched alkanes of at least 4 members (excludes halogenated alkanes) is 9. The van der Waals surface area contributed by atoms with E-state index in [1.165, 1.54) is 63.9 Å². The molecular formula is C23H37FN2S. The van der Waals surface area contributed by atoms with Crippen molar-refractivity contribution < 1.29 is 4.39 Å². The van der Waals surface area contributed by atoms with Crippen molar-refractivity contribution in [3.05, 3.63) is 35.6 Å². The molecule has 1 aromatic rings. The fourth-order valence-corrected chi connectivity index (χ4v) is 3.79. The summed E-state index contributed by atoms with van der Waals surface area (Å²) in [6.45, 7) is 3.76. The minimum atomic E-state index is -0.138. The summed E-state index contributed by atoms with van der Waals surface area (Å²) >= 11 is 5.60. The Hall–Kier alpha value is -1.16. The van der Waals surface area contributed by atoms with Crippen LogP contribution in [0.4, 0.5) is 4.39 Å². The summed E-state index contributed by atoms with van der Waals surface area (Å²) in [5.41, 5.74) is 0.729. The van der Waals surface area contributed by atoms with E-state index in [1.807, 2.05) is 12.1 Å². The maximum Gasteiger partial charge on any atom is 0.169 e. The minimum absolute atomic E-state index is 0.138. The van der Waals surface area contributed by atoms with Crippen LogP contribution in [-0.2, 0) is 6.54 Å². The minimum Gasteiger partial charge on any atom is -0.363 e. The molecule has 0 amide bonds. The molecule has 0 aliphatic heterocycles. The van der Waals surface area contributed by atoms with Gasteiger partial charge in [-0.25, -0.2) is 4.39 Å². The average Bonchev–Trinajstić information content (AvgIpc) is 3.50. The van der Waals surface area contributed by atoms with E-state index in [0.717, 1.165) is 36.5 Å². The molecule has 152 valence electrons. The molecule has 1 aliphatic rings. The molecular weight excluding hydrogens is 355 g/mol. The first-order chi connectivity index (χ1) is 13.2. The van der Waals surface area contributed by atoms with E-state index < -0.39 is 0 Å². The first-order valence-corrected chi connectivity index (χ1v) is 11.4. The average molecular weight is 393 g/mol. The molecule has 0 atom stereocenters. The summed E-state index contributed by atoms with van der Waals surface area (Å²) in [5.74, 6) is -0.138. The van der Waals surface area contributed by atoms with E-state index in [1.54, 1.807) is 6.07 Å². The van der Waals surface area contributed by atoms with Crippen molar-refractivity contribution in [3.63, 3.8) is 0 Å². The Morgan fingerprint density at radius 1 is 1.00 bits per heavy atom. The summed E-state index contributed by atoms with van der Waals surface area (Å²) in [7, 11) is 0. The van der Waals surface area contributed by atoms with Crippen LogP contribution < -0.4 is 5.32 Å². The topological polar surface area (TPSA) is 15.3 Å². The SMILES string of the molecule is CCCCCCCCCCCCNC(=S)N(Cc1ccccc1F)C1CC1. The second kappa shape index (κ2) is 13.1. The van der Waals surface area contributed by atoms with Crippen molar-refractivity contribution in [3.8, 4) is 0 Å². The van der Waals surface area contributed by atoms with Crippen molar-refractivity contribution in [2.75, 3.05) is 6.54 Å². The van der Waals surface area contributed by atoms with Gasteiger partial charge in [0.05, 0.1) is 0 Å². The largest absolute Gasteiger partial charge is 0.363 e. The van der Waals surface area contributed by atoms with Crippen molar-refractivity contribution in [2.45, 2.75) is 96.6 Å². The third-order valence-electron chi connectivity index (χ3n) is 5.35. The van der Waals surface area contributed by atoms with E-state index in [4.69, 9.17) is 12.2 Å². The maximum atomic E-state index is 13.9. The molecule has 1 aliphatic carbocycles. The molecule has 0 unspecified atom stereocenters. The van der Waals surface area contributed by atoms with Crippen LogP contribution in [0, 0.1) is 5.82 Å². The van der Waals surface area contributed by atoms with E-state index in [0.29, 0.717) is 12.6 Å². The predicted molar refractivity (Wildman–Crippen MR) is 117 cm³/mol. The van der Waals surface area contributed by atoms with Gasteiger partial charge >= 0.3 is 0 Å². The van der Waals surface area contributed by atoms with Crippen molar-refractivity contribution >= 4 is 17.3 Å². The molecule has 0 heterocycles. The third-order valence-corrected chi connectivity index (χ3v) is 5.73. The Balaban J connectivity index is 1.55. The highest BCUT2D eigenvalue weighted by Gasteiger charge is 2.31. The molecule has 1 aromatic carbocycles. The molecule has 0 radical (unpaired) electrons. The fourth-order valence-electron chi connectivity index (χ4n) is 3.47. The summed E-state index contributed by atoms with van der Waals surface area (Å²) in [4.78, 5) is 2.17. The van der Waals surface area contributed by atoms with Crippen molar-refractivity contribution in [2.24, 2.45) is 0 Å². The standard InChI is InChI=1S/C23H37FN2S/c1-2-3-4-5-6-7-8-9-10-13-18-25-23(27)26(21-16-17-21)19-20-14-11-12-15-22(20)24/h11-12,14-15,21H,2-10,13,16-19H2,1H3,(H,25,27). The van der Waals surface area contributed by atoms with Gasteiger partial charge in [-0.05, 0) is 37.5 Å². The molecule has 0 aromatic heterocycles. The van der Waals surface area contributed by atoms with E-state index >= 15 is 0 Å². The van der Waals surface area contributed by atoms with Gasteiger partial charge in [-0.2, -0.15) is 0 Å². The van der Waals surface area contributed by atoms with E-state index in [-0.39, 0.29) is 5.82 Å². The monoisotopic (exact) mass is 392 g/mol. The number of halogens is 1. The Morgan fingerprint density at radius 3 is 2.19 bits per heavy atom. The quantitative estimate of drug-likeness (QED) is 0.284. The predicted octanol–water partition coefficient (Wildman–Crippen LogP) is 6.59. The summed E-state index contributed by atoms with van der Waals surface area (Å²) < 4.78 is 13.9. The van der Waals surface area contributed by atoms with Crippen molar-refractivity contribution in [1.82, 2.24) is 10.2 Å². The normalized spacial score (nSPS) is 13.6. The van der Waals surface area contributed by atoms with Crippen LogP contribution in [0.3, 0.4) is 0 Å². The first-order valence-electron chi connectivity index (χ1n) is 11.0. The van der Waals surface area contributed by atoms with Crippen molar-refractivity contribution in [1.29, 1.82) is 0 Å². The van der Waals surface area contributed by atoms with E-state index in [2.05, 4.69) is 17.1 Å². The molecule has 0 saturated heterocycles. The lowest BCUT2D eigenvalue weighted by Gasteiger charge is -2.26. The van der Waals surface area contributed by atoms with Gasteiger partial charge in [-0.15, -0.1) is 0 Å². The summed E-state index contributed by atoms with van der Waals surface area (Å²) in [5, 5.41) is 4.19. The number of nitrogens with one attached hydrogen (secondary N) is 1. The van der Waals surface area contributed by atoms with Crippen LogP contribution >= 0.6 is 12.2 Å². The second-order valence-electron chi connectivity index (χ2n) is 7.86. The number of benzene rings is 1. The van der Waals surface area contributed by atoms with Crippen LogP contribution in [0.15, 0.2) is 24.3 Å². The van der Waals surface area contributed by atoms with Gasteiger partial charge in [0, 0.05) is 24.7 Å². The Kier molecular flexibility index (Phi) is 10.7. The molecule has 2 rings (SSSR count). The first kappa shape index (κ1) is 22.1. The van der Waals surface area contributed by atoms with Crippen LogP contribution in [0.5, 0.6) is 0 Å². The van der Waals surface area contributed by atoms with E-state index in [9.17, 15) is 4.39 Å². The number of thiocarbonyl (C=S) groups is 1. The van der Waals surface area contributed by atoms with Gasteiger partial charge in [0.2, 0.25) is 0 Å². The number of nitrogens with zero attached hydrogens (tertiary/aromatic N) is 1. The second-order valence-corrected chi connectivity index (χ2v) is 8.25. The molecule has 2 nitrogen and oxygen atoms in total. The van der Waals surface area contributed by atoms with Gasteiger partial charge in [0.25, 0.3) is 0 Å². The van der Waals surface area contributed by atoms with Crippen LogP contribution in [-0.4, -0.2) is 22.6 Å². The lowest BCUT2D eigenvalue weighted by molar-refractivity contribution is 0.386. The third kappa shape index (κ3) is 9.05. The Labute approximate surface area is 170 Å². The summed E-state index contributed by atoms with van der Waals surface area (Å²) in [6, 6.07) is 7.50. The zero-order valence-corrected chi connectivity index (χ0v) is 17.8. The molecule has 1 fully saturated rings. The molecule has 1 N–H and O–H groups in total. The van der Waals surface area contributed by atoms with Gasteiger partial charge in [-0.1, -0.05) is 82.9 Å². The van der Waals surface area contributed by atoms with Gasteiger partial charge < -0.3 is 10.2 Å². The zero-order chi connectivity index (χ0) is 19.3. The Bertz CT molecular complexity index is 545. The summed E-state index contributed by atoms with van der Waals surface area (Å²) in [6.07, 6.45) is 15.7. The van der Waals surface area contributed by atoms with Crippen LogP contribution in [0.1, 0.15) is 89.5 Å². The number of rotatable bonds is 14. The fraction of sp³-hybridized carbons (Fsp3) is 0.696. The molecule has 4 heteroatoms. The van der Waals surface area contributed by atoms with Gasteiger partial charge in [-0.3, -0.25) is 0 Å². The zero-order valence-electron chi connectivity index (χ0n) is 17.0. The highest BCUT2D eigenvalue weighted by atomic mass is 32.1. The highest BCUT2D eigenvalue weighted by Crippen LogP contribution is 2.29. The van der Waals surface area contributed by atoms with Crippen LogP contribution in [0.25, 0.3) is 0 Å². The lowest BCUT2D eigenvalue weighted by Crippen LogP contribution is -2.41. The van der Waals surface area contributed by atoms with Crippen LogP contribution in [0.2, 0.25) is 0 Å². The molecule has 0 bridgehead atoms. The molecule has 1 saturated carbocycles. The Morgan fingerprint density at radius 2 is 1.59 bits per heavy atom. The molecule has 0 spiro atoms. The highest BCUT2D eigenvalue weighted by molar-refractivity contribution is 7.80.